The molecule has 0 spiro atoms. The first-order valence-electron chi connectivity index (χ1n) is 2.64. The molecule has 0 N–H and O–H groups in total. The molecular weight excluding hydrogens is 123 g/mol. The minimum Gasteiger partial charge on any atom is -0.165 e. The van der Waals surface area contributed by atoms with Gasteiger partial charge in [-0.1, -0.05) is 11.6 Å². The first-order valence-corrected chi connectivity index (χ1v) is 3.53. The van der Waals surface area contributed by atoms with Crippen LogP contribution in [0.1, 0.15) is 20.3 Å². The van der Waals surface area contributed by atoms with Crippen molar-refractivity contribution in [1.29, 1.82) is 0 Å². The lowest BCUT2D eigenvalue weighted by Gasteiger charge is -1.86. The Morgan fingerprint density at radius 2 is 2.25 bits per heavy atom. The van der Waals surface area contributed by atoms with Crippen molar-refractivity contribution in [2.75, 3.05) is 5.75 Å². The van der Waals surface area contributed by atoms with Gasteiger partial charge < -0.3 is 0 Å². The van der Waals surface area contributed by atoms with Crippen molar-refractivity contribution in [3.63, 3.8) is 0 Å². The fourth-order valence-electron chi connectivity index (χ4n) is 0.392. The molecule has 0 amide bonds. The van der Waals surface area contributed by atoms with Crippen molar-refractivity contribution < 1.29 is 3.89 Å². The Kier molecular flexibility index (Phi) is 5.18. The molecule has 0 aliphatic carbocycles. The van der Waals surface area contributed by atoms with Crippen molar-refractivity contribution >= 4 is 12.1 Å². The summed E-state index contributed by atoms with van der Waals surface area (Å²) in [5.41, 5.74) is 1.26. The smallest absolute Gasteiger partial charge is 0.0446 e. The number of hydrogen-bond donors (Lipinski definition) is 0. The normalized spacial score (nSPS) is 8.88. The predicted molar refractivity (Wildman–Crippen MR) is 37.6 cm³/mol. The monoisotopic (exact) mass is 134 g/mol. The molecule has 48 valence electrons. The van der Waals surface area contributed by atoms with Crippen LogP contribution in [-0.2, 0) is 0 Å². The van der Waals surface area contributed by atoms with Crippen LogP contribution in [-0.4, -0.2) is 5.75 Å². The molecule has 0 aliphatic heterocycles. The summed E-state index contributed by atoms with van der Waals surface area (Å²) in [6, 6.07) is 0. The molecule has 0 atom stereocenters. The maximum Gasteiger partial charge on any atom is 0.0446 e. The van der Waals surface area contributed by atoms with Crippen LogP contribution in [0.2, 0.25) is 0 Å². The van der Waals surface area contributed by atoms with E-state index in [4.69, 9.17) is 0 Å². The second-order valence-electron chi connectivity index (χ2n) is 1.88. The molecule has 0 aromatic rings. The van der Waals surface area contributed by atoms with Crippen LogP contribution in [0.15, 0.2) is 11.6 Å². The minimum absolute atomic E-state index is 0.399. The third kappa shape index (κ3) is 6.02. The van der Waals surface area contributed by atoms with Crippen molar-refractivity contribution in [2.45, 2.75) is 20.3 Å². The minimum atomic E-state index is 0.399. The Hall–Kier alpha value is 0.0200. The largest absolute Gasteiger partial charge is 0.165 e. The highest BCUT2D eigenvalue weighted by Crippen LogP contribution is 2.03. The Morgan fingerprint density at radius 1 is 1.62 bits per heavy atom. The summed E-state index contributed by atoms with van der Waals surface area (Å²) in [4.78, 5) is 0. The second-order valence-corrected chi connectivity index (χ2v) is 2.51. The van der Waals surface area contributed by atoms with Crippen LogP contribution < -0.4 is 0 Å². The van der Waals surface area contributed by atoms with E-state index in [0.29, 0.717) is 17.9 Å². The van der Waals surface area contributed by atoms with Gasteiger partial charge in [0.25, 0.3) is 0 Å². The molecule has 0 fully saturated rings. The summed E-state index contributed by atoms with van der Waals surface area (Å²) in [5.74, 6) is 0.588. The molecule has 0 heterocycles. The summed E-state index contributed by atoms with van der Waals surface area (Å²) in [6.07, 6.45) is 2.88. The maximum absolute atomic E-state index is 11.3. The lowest BCUT2D eigenvalue weighted by molar-refractivity contribution is 0.929. The van der Waals surface area contributed by atoms with E-state index in [1.807, 2.05) is 19.9 Å². The zero-order chi connectivity index (χ0) is 6.41. The summed E-state index contributed by atoms with van der Waals surface area (Å²) >= 11 is 0.399. The van der Waals surface area contributed by atoms with Gasteiger partial charge in [-0.2, -0.15) is 3.89 Å². The van der Waals surface area contributed by atoms with Gasteiger partial charge >= 0.3 is 0 Å². The highest BCUT2D eigenvalue weighted by Gasteiger charge is 1.81. The fraction of sp³-hybridized carbons (Fsp3) is 0.667. The van der Waals surface area contributed by atoms with Gasteiger partial charge in [0, 0.05) is 17.9 Å². The van der Waals surface area contributed by atoms with Gasteiger partial charge in [-0.15, -0.1) is 0 Å². The molecule has 0 bridgehead atoms. The fourth-order valence-corrected chi connectivity index (χ4v) is 0.599. The van der Waals surface area contributed by atoms with Crippen molar-refractivity contribution in [3.05, 3.63) is 11.6 Å². The van der Waals surface area contributed by atoms with Crippen molar-refractivity contribution in [3.8, 4) is 0 Å². The van der Waals surface area contributed by atoms with Crippen LogP contribution >= 0.6 is 12.1 Å². The lowest BCUT2D eigenvalue weighted by Crippen LogP contribution is -1.70. The summed E-state index contributed by atoms with van der Waals surface area (Å²) in [6.45, 7) is 4.03. The zero-order valence-electron chi connectivity index (χ0n) is 5.28. The van der Waals surface area contributed by atoms with E-state index in [1.54, 1.807) is 0 Å². The standard InChI is InChI=1S/C6H11FS/c1-6(2)4-3-5-8-7/h4H,3,5H2,1-2H3. The molecular formula is C6H11FS. The Morgan fingerprint density at radius 3 is 2.62 bits per heavy atom. The van der Waals surface area contributed by atoms with Gasteiger partial charge in [0.15, 0.2) is 0 Å². The summed E-state index contributed by atoms with van der Waals surface area (Å²) in [7, 11) is 0. The topological polar surface area (TPSA) is 0 Å². The molecule has 0 unspecified atom stereocenters. The molecule has 0 saturated carbocycles. The summed E-state index contributed by atoms with van der Waals surface area (Å²) in [5, 5.41) is 0. The number of hydrogen-bond acceptors (Lipinski definition) is 1. The van der Waals surface area contributed by atoms with E-state index < -0.39 is 0 Å². The van der Waals surface area contributed by atoms with Crippen LogP contribution in [0.3, 0.4) is 0 Å². The molecule has 2 heteroatoms. The highest BCUT2D eigenvalue weighted by atomic mass is 32.2. The maximum atomic E-state index is 11.3. The molecule has 0 aromatic heterocycles. The number of rotatable bonds is 3. The Balaban J connectivity index is 3.03. The first kappa shape index (κ1) is 8.02. The number of allylic oxidation sites excluding steroid dienone is 2. The van der Waals surface area contributed by atoms with Gasteiger partial charge in [-0.25, -0.2) is 0 Å². The zero-order valence-corrected chi connectivity index (χ0v) is 6.09. The molecule has 0 radical (unpaired) electrons. The van der Waals surface area contributed by atoms with E-state index in [-0.39, 0.29) is 0 Å². The highest BCUT2D eigenvalue weighted by molar-refractivity contribution is 7.94. The molecule has 0 aromatic carbocycles. The first-order chi connectivity index (χ1) is 3.77. The van der Waals surface area contributed by atoms with Crippen molar-refractivity contribution in [2.24, 2.45) is 0 Å². The van der Waals surface area contributed by atoms with E-state index in [1.165, 1.54) is 5.57 Å². The van der Waals surface area contributed by atoms with Crippen LogP contribution in [0, 0.1) is 0 Å². The van der Waals surface area contributed by atoms with E-state index in [9.17, 15) is 3.89 Å². The predicted octanol–water partition coefficient (Wildman–Crippen LogP) is 2.96. The van der Waals surface area contributed by atoms with E-state index in [2.05, 4.69) is 0 Å². The van der Waals surface area contributed by atoms with Gasteiger partial charge in [-0.05, 0) is 20.3 Å². The molecule has 0 nitrogen and oxygen atoms in total. The van der Waals surface area contributed by atoms with E-state index >= 15 is 0 Å². The van der Waals surface area contributed by atoms with Gasteiger partial charge in [0.2, 0.25) is 0 Å². The van der Waals surface area contributed by atoms with Crippen LogP contribution in [0.25, 0.3) is 0 Å². The molecule has 0 aliphatic rings. The van der Waals surface area contributed by atoms with Crippen LogP contribution in [0.4, 0.5) is 3.89 Å². The number of halogens is 1. The van der Waals surface area contributed by atoms with Gasteiger partial charge in [-0.3, -0.25) is 0 Å². The van der Waals surface area contributed by atoms with Crippen LogP contribution in [0.5, 0.6) is 0 Å². The average molecular weight is 134 g/mol. The molecule has 0 saturated heterocycles. The Labute approximate surface area is 54.5 Å². The molecule has 0 rings (SSSR count). The molecule has 8 heavy (non-hydrogen) atoms. The second kappa shape index (κ2) is 5.16. The summed E-state index contributed by atoms with van der Waals surface area (Å²) < 4.78 is 11.3. The van der Waals surface area contributed by atoms with Gasteiger partial charge in [0.05, 0.1) is 0 Å². The third-order valence-corrected chi connectivity index (χ3v) is 1.14. The third-order valence-electron chi connectivity index (χ3n) is 0.748. The van der Waals surface area contributed by atoms with Gasteiger partial charge in [0.1, 0.15) is 0 Å². The SMILES string of the molecule is CC(C)=CCCSF. The Bertz CT molecular complexity index is 74.6. The average Bonchev–Trinajstić information content (AvgIpc) is 1.66. The van der Waals surface area contributed by atoms with E-state index in [0.717, 1.165) is 6.42 Å². The quantitative estimate of drug-likeness (QED) is 0.422. The lowest BCUT2D eigenvalue weighted by atomic mass is 10.3. The van der Waals surface area contributed by atoms with Crippen molar-refractivity contribution in [1.82, 2.24) is 0 Å².